The molecule has 2 amide bonds. The van der Waals surface area contributed by atoms with Gasteiger partial charge in [0.15, 0.2) is 0 Å². The second-order valence-electron chi connectivity index (χ2n) is 11.4. The van der Waals surface area contributed by atoms with E-state index in [-0.39, 0.29) is 36.4 Å². The van der Waals surface area contributed by atoms with Crippen molar-refractivity contribution >= 4 is 45.5 Å². The number of methoxy groups -OCH3 is 1. The number of nitrogens with zero attached hydrogens (tertiary/aromatic N) is 1. The van der Waals surface area contributed by atoms with Crippen LogP contribution in [0, 0.1) is 5.92 Å². The summed E-state index contributed by atoms with van der Waals surface area (Å²) in [5.74, 6) is -1.23. The first-order chi connectivity index (χ1) is 19.3. The molecule has 3 aliphatic heterocycles. The van der Waals surface area contributed by atoms with E-state index in [0.29, 0.717) is 23.6 Å². The highest BCUT2D eigenvalue weighted by Gasteiger charge is 2.64. The van der Waals surface area contributed by atoms with Gasteiger partial charge in [-0.2, -0.15) is 0 Å². The molecule has 2 N–H and O–H groups in total. The Morgan fingerprint density at radius 2 is 2.07 bits per heavy atom. The molecule has 4 aliphatic rings. The highest BCUT2D eigenvalue weighted by Crippen LogP contribution is 2.49. The first-order valence-corrected chi connectivity index (χ1v) is 15.2. The van der Waals surface area contributed by atoms with Gasteiger partial charge in [-0.15, -0.1) is 0 Å². The summed E-state index contributed by atoms with van der Waals surface area (Å²) < 4.78 is 23.0. The molecule has 41 heavy (non-hydrogen) atoms. The number of aliphatic hydroxyl groups is 1. The number of likely N-dealkylation sites (N-methyl/N-ethyl adjacent to an activating group) is 1. The van der Waals surface area contributed by atoms with Gasteiger partial charge in [0.1, 0.15) is 28.9 Å². The molecule has 4 bridgehead atoms. The average Bonchev–Trinajstić information content (AvgIpc) is 3.62. The molecule has 1 unspecified atom stereocenters. The summed E-state index contributed by atoms with van der Waals surface area (Å²) in [6.07, 6.45) is 5.62. The Morgan fingerprint density at radius 1 is 1.34 bits per heavy atom. The molecule has 226 valence electrons. The molecule has 4 rings (SSSR count). The van der Waals surface area contributed by atoms with E-state index in [1.54, 1.807) is 27.2 Å². The maximum atomic E-state index is 13.7. The van der Waals surface area contributed by atoms with Crippen LogP contribution in [0.1, 0.15) is 52.9 Å². The topological polar surface area (TPSA) is 127 Å². The van der Waals surface area contributed by atoms with E-state index in [1.807, 2.05) is 32.1 Å². The second kappa shape index (κ2) is 12.6. The van der Waals surface area contributed by atoms with Crippen LogP contribution in [-0.4, -0.2) is 83.2 Å². The lowest BCUT2D eigenvalue weighted by atomic mass is 9.84. The lowest BCUT2D eigenvalue weighted by Gasteiger charge is -2.39. The maximum absolute atomic E-state index is 13.7. The zero-order chi connectivity index (χ0) is 30.1. The van der Waals surface area contributed by atoms with Gasteiger partial charge in [0, 0.05) is 39.3 Å². The van der Waals surface area contributed by atoms with Crippen LogP contribution in [0.25, 0.3) is 0 Å². The number of halogens is 2. The molecule has 10 nitrogen and oxygen atoms in total. The Balaban J connectivity index is 1.72. The molecule has 0 spiro atoms. The lowest BCUT2D eigenvalue weighted by Crippen LogP contribution is -2.57. The molecule has 7 atom stereocenters. The monoisotopic (exact) mass is 656 g/mol. The number of fused-ring (bicyclic) bond motifs is 4. The van der Waals surface area contributed by atoms with Crippen molar-refractivity contribution in [3.8, 4) is 0 Å². The number of amides is 2. The first kappa shape index (κ1) is 31.7. The molecule has 0 radical (unpaired) electrons. The first-order valence-electron chi connectivity index (χ1n) is 13.7. The molecular weight excluding hydrogens is 620 g/mol. The van der Waals surface area contributed by atoms with Crippen molar-refractivity contribution in [2.45, 2.75) is 88.6 Å². The fourth-order valence-electron chi connectivity index (χ4n) is 5.81. The summed E-state index contributed by atoms with van der Waals surface area (Å²) in [6, 6.07) is 0. The van der Waals surface area contributed by atoms with Crippen LogP contribution in [0.2, 0.25) is 0 Å². The summed E-state index contributed by atoms with van der Waals surface area (Å²) in [7, 11) is 3.21. The number of epoxide rings is 1. The highest BCUT2D eigenvalue weighted by molar-refractivity contribution is 9.09. The van der Waals surface area contributed by atoms with Crippen LogP contribution in [0.3, 0.4) is 0 Å². The average molecular weight is 658 g/mol. The lowest BCUT2D eigenvalue weighted by molar-refractivity contribution is -0.151. The van der Waals surface area contributed by atoms with Crippen LogP contribution < -0.4 is 5.32 Å². The van der Waals surface area contributed by atoms with Crippen molar-refractivity contribution in [1.29, 1.82) is 0 Å². The molecule has 12 heteroatoms. The molecule has 0 saturated carbocycles. The Kier molecular flexibility index (Phi) is 9.75. The third kappa shape index (κ3) is 7.07. The predicted molar refractivity (Wildman–Crippen MR) is 155 cm³/mol. The second-order valence-corrected chi connectivity index (χ2v) is 12.4. The molecule has 3 heterocycles. The molecule has 0 aromatic heterocycles. The number of hydrogen-bond donors (Lipinski definition) is 2. The number of rotatable bonds is 3. The summed E-state index contributed by atoms with van der Waals surface area (Å²) in [6.45, 7) is 5.61. The van der Waals surface area contributed by atoms with Gasteiger partial charge in [0.2, 0.25) is 5.91 Å². The Bertz CT molecular complexity index is 1200. The summed E-state index contributed by atoms with van der Waals surface area (Å²) in [5, 5.41) is 14.1. The number of esters is 1. The highest BCUT2D eigenvalue weighted by atomic mass is 79.9. The van der Waals surface area contributed by atoms with Crippen molar-refractivity contribution < 1.29 is 38.4 Å². The van der Waals surface area contributed by atoms with Crippen LogP contribution in [0.5, 0.6) is 0 Å². The Hall–Kier alpha value is -2.18. The summed E-state index contributed by atoms with van der Waals surface area (Å²) >= 11 is 9.83. The van der Waals surface area contributed by atoms with Crippen molar-refractivity contribution in [3.63, 3.8) is 0 Å². The summed E-state index contributed by atoms with van der Waals surface area (Å²) in [4.78, 5) is 39.9. The van der Waals surface area contributed by atoms with Gasteiger partial charge in [0.05, 0.1) is 29.4 Å². The zero-order valence-corrected chi connectivity index (χ0v) is 26.3. The van der Waals surface area contributed by atoms with Crippen molar-refractivity contribution in [3.05, 3.63) is 46.2 Å². The molecule has 0 aromatic rings. The number of carbonyl (C=O) groups is 3. The van der Waals surface area contributed by atoms with E-state index < -0.39 is 47.8 Å². The Morgan fingerprint density at radius 3 is 2.76 bits per heavy atom. The predicted octanol–water partition coefficient (Wildman–Crippen LogP) is 4.21. The molecular formula is C29H38BrClN2O8. The van der Waals surface area contributed by atoms with Gasteiger partial charge >= 0.3 is 12.1 Å². The standard InChI is InChI=1S/C29H38BrClN2O8/c1-16-8-6-7-9-29(37)14-21(39-27(36)32-29)17(2)26-28(3,41-26)22(40-24(35)15-30)13-23(34)33(4)19-11-18(10-16)12-20(38-5)25(19)31/h6-8,11,17,20-22,26,37H,9-10,12-15H2,1-5H3,(H,32,36)/b7-6+,16-8+/t17-,20?,21+,22+,26+,28+,29-/m1/s1. The minimum Gasteiger partial charge on any atom is -0.458 e. The van der Waals surface area contributed by atoms with Gasteiger partial charge in [0.25, 0.3) is 0 Å². The fraction of sp³-hybridized carbons (Fsp3) is 0.621. The van der Waals surface area contributed by atoms with Crippen LogP contribution in [-0.2, 0) is 28.5 Å². The van der Waals surface area contributed by atoms with Crippen LogP contribution in [0.15, 0.2) is 46.2 Å². The molecule has 2 saturated heterocycles. The third-order valence-electron chi connectivity index (χ3n) is 8.28. The number of alkyl carbamates (subject to hydrolysis) is 1. The van der Waals surface area contributed by atoms with E-state index in [0.717, 1.165) is 11.1 Å². The van der Waals surface area contributed by atoms with E-state index in [2.05, 4.69) is 21.2 Å². The minimum absolute atomic E-state index is 0.0538. The third-order valence-corrected chi connectivity index (χ3v) is 9.18. The van der Waals surface area contributed by atoms with Crippen molar-refractivity contribution in [2.75, 3.05) is 19.5 Å². The minimum atomic E-state index is -1.50. The van der Waals surface area contributed by atoms with Gasteiger partial charge in [-0.1, -0.05) is 63.8 Å². The summed E-state index contributed by atoms with van der Waals surface area (Å²) in [5.41, 5.74) is 0.0801. The van der Waals surface area contributed by atoms with E-state index >= 15 is 0 Å². The van der Waals surface area contributed by atoms with E-state index in [1.165, 1.54) is 4.90 Å². The number of alkyl halides is 1. The van der Waals surface area contributed by atoms with Gasteiger partial charge in [-0.05, 0) is 26.3 Å². The van der Waals surface area contributed by atoms with Gasteiger partial charge in [-0.25, -0.2) is 4.79 Å². The van der Waals surface area contributed by atoms with E-state index in [9.17, 15) is 19.5 Å². The number of hydrogen-bond acceptors (Lipinski definition) is 8. The van der Waals surface area contributed by atoms with Gasteiger partial charge < -0.3 is 29.0 Å². The molecule has 2 fully saturated rings. The Labute approximate surface area is 253 Å². The number of allylic oxidation sites excluding steroid dienone is 4. The zero-order valence-electron chi connectivity index (χ0n) is 23.9. The smallest absolute Gasteiger partial charge is 0.409 e. The van der Waals surface area contributed by atoms with Crippen LogP contribution >= 0.6 is 27.5 Å². The number of nitrogens with one attached hydrogen (secondary N) is 1. The number of ether oxygens (including phenoxy) is 4. The maximum Gasteiger partial charge on any atom is 0.409 e. The largest absolute Gasteiger partial charge is 0.458 e. The van der Waals surface area contributed by atoms with Crippen LogP contribution in [0.4, 0.5) is 4.79 Å². The fourth-order valence-corrected chi connectivity index (χ4v) is 6.29. The molecule has 0 aromatic carbocycles. The van der Waals surface area contributed by atoms with Gasteiger partial charge in [-0.3, -0.25) is 14.9 Å². The normalized spacial score (nSPS) is 38.5. The van der Waals surface area contributed by atoms with Crippen molar-refractivity contribution in [1.82, 2.24) is 10.2 Å². The quantitative estimate of drug-likeness (QED) is 0.263. The number of carbonyl (C=O) groups excluding carboxylic acids is 3. The SMILES string of the molecule is COC1CC2=CC(=C1Cl)N(C)C(=O)C[C@H](OC(=O)CBr)[C@]1(C)O[C@H]1[C@H](C)[C@@H]1C[C@](O)(C/C=C/C=C(\C)C2)NC(=O)O1. The van der Waals surface area contributed by atoms with Crippen molar-refractivity contribution in [2.24, 2.45) is 5.92 Å². The molecule has 1 aliphatic carbocycles. The van der Waals surface area contributed by atoms with E-state index in [4.69, 9.17) is 30.5 Å².